The molecule has 190 valence electrons. The van der Waals surface area contributed by atoms with Gasteiger partial charge < -0.3 is 42.0 Å². The molecule has 3 amide bonds. The second-order valence-electron chi connectivity index (χ2n) is 8.15. The number of aromatic amines is 1. The van der Waals surface area contributed by atoms with Gasteiger partial charge in [0.25, 0.3) is 0 Å². The number of carboxylic acid groups (broad SMARTS) is 2. The van der Waals surface area contributed by atoms with Gasteiger partial charge in [0.2, 0.25) is 17.7 Å². The van der Waals surface area contributed by atoms with Crippen molar-refractivity contribution in [3.8, 4) is 0 Å². The highest BCUT2D eigenvalue weighted by Gasteiger charge is 2.30. The molecule has 1 aromatic heterocycles. The number of carbonyl (C=O) groups is 5. The lowest BCUT2D eigenvalue weighted by Crippen LogP contribution is -2.58. The van der Waals surface area contributed by atoms with Crippen molar-refractivity contribution in [3.63, 3.8) is 0 Å². The van der Waals surface area contributed by atoms with Crippen molar-refractivity contribution in [1.29, 1.82) is 0 Å². The second kappa shape index (κ2) is 13.9. The maximum Gasteiger partial charge on any atom is 0.326 e. The van der Waals surface area contributed by atoms with Gasteiger partial charge in [0.15, 0.2) is 0 Å². The molecule has 0 aliphatic carbocycles. The van der Waals surface area contributed by atoms with Gasteiger partial charge in [0.05, 0.1) is 19.0 Å². The molecule has 9 N–H and O–H groups in total. The summed E-state index contributed by atoms with van der Waals surface area (Å²) in [6, 6.07) is -5.21. The molecule has 1 rings (SSSR count). The Balaban J connectivity index is 2.86. The van der Waals surface area contributed by atoms with Gasteiger partial charge in [-0.2, -0.15) is 0 Å². The maximum atomic E-state index is 12.7. The standard InChI is InChI=1S/C20H32N6O8/c1-10(2)5-12(21)17(30)24-13(3-4-16(28)29)18(31)26-15(8-27)19(32)25-14(20(33)34)6-11-7-22-9-23-11/h7,9-10,12-15,27H,3-6,8,21H2,1-2H3,(H,22,23)(H,24,30)(H,25,32)(H,26,31)(H,28,29)(H,33,34). The minimum Gasteiger partial charge on any atom is -0.481 e. The van der Waals surface area contributed by atoms with E-state index in [0.29, 0.717) is 12.1 Å². The van der Waals surface area contributed by atoms with E-state index in [1.54, 1.807) is 0 Å². The number of carboxylic acids is 2. The van der Waals surface area contributed by atoms with E-state index in [4.69, 9.17) is 10.8 Å². The number of nitrogens with zero attached hydrogens (tertiary/aromatic N) is 1. The topological polar surface area (TPSA) is 237 Å². The highest BCUT2D eigenvalue weighted by atomic mass is 16.4. The number of imidazole rings is 1. The number of nitrogens with one attached hydrogen (secondary N) is 4. The summed E-state index contributed by atoms with van der Waals surface area (Å²) < 4.78 is 0. The molecule has 0 saturated carbocycles. The van der Waals surface area contributed by atoms with Crippen LogP contribution in [-0.4, -0.2) is 85.7 Å². The van der Waals surface area contributed by atoms with Crippen LogP contribution in [0.1, 0.15) is 38.8 Å². The summed E-state index contributed by atoms with van der Waals surface area (Å²) in [5.41, 5.74) is 6.25. The van der Waals surface area contributed by atoms with Crippen molar-refractivity contribution in [3.05, 3.63) is 18.2 Å². The molecule has 14 nitrogen and oxygen atoms in total. The van der Waals surface area contributed by atoms with Crippen LogP contribution in [0.3, 0.4) is 0 Å². The summed E-state index contributed by atoms with van der Waals surface area (Å²) in [6.07, 6.45) is 2.17. The van der Waals surface area contributed by atoms with Gasteiger partial charge in [-0.15, -0.1) is 0 Å². The number of aliphatic hydroxyl groups is 1. The van der Waals surface area contributed by atoms with E-state index >= 15 is 0 Å². The zero-order valence-electron chi connectivity index (χ0n) is 19.0. The van der Waals surface area contributed by atoms with Crippen molar-refractivity contribution in [2.75, 3.05) is 6.61 Å². The Bertz CT molecular complexity index is 844. The molecule has 0 saturated heterocycles. The van der Waals surface area contributed by atoms with Crippen LogP contribution >= 0.6 is 0 Å². The Labute approximate surface area is 195 Å². The van der Waals surface area contributed by atoms with Crippen LogP contribution in [0.5, 0.6) is 0 Å². The number of aliphatic carboxylic acids is 2. The first-order valence-corrected chi connectivity index (χ1v) is 10.6. The Morgan fingerprint density at radius 1 is 1.00 bits per heavy atom. The van der Waals surface area contributed by atoms with Gasteiger partial charge in [-0.05, 0) is 18.8 Å². The summed E-state index contributed by atoms with van der Waals surface area (Å²) in [7, 11) is 0. The van der Waals surface area contributed by atoms with E-state index in [2.05, 4.69) is 25.9 Å². The number of amides is 3. The van der Waals surface area contributed by atoms with Crippen LogP contribution < -0.4 is 21.7 Å². The fourth-order valence-corrected chi connectivity index (χ4v) is 2.99. The molecule has 0 aromatic carbocycles. The van der Waals surface area contributed by atoms with Gasteiger partial charge in [0, 0.05) is 24.7 Å². The summed E-state index contributed by atoms with van der Waals surface area (Å²) in [5.74, 6) is -5.05. The van der Waals surface area contributed by atoms with Gasteiger partial charge in [0.1, 0.15) is 18.1 Å². The Morgan fingerprint density at radius 3 is 2.09 bits per heavy atom. The largest absolute Gasteiger partial charge is 0.481 e. The normalized spacial score (nSPS) is 14.5. The average Bonchev–Trinajstić information content (AvgIpc) is 3.26. The van der Waals surface area contributed by atoms with Crippen LogP contribution in [0.4, 0.5) is 0 Å². The third-order valence-electron chi connectivity index (χ3n) is 4.75. The number of aromatic nitrogens is 2. The molecule has 0 aliphatic heterocycles. The molecular weight excluding hydrogens is 452 g/mol. The van der Waals surface area contributed by atoms with Gasteiger partial charge in [-0.1, -0.05) is 13.8 Å². The highest BCUT2D eigenvalue weighted by molar-refractivity contribution is 5.94. The Hall–Kier alpha value is -3.52. The molecular formula is C20H32N6O8. The summed E-state index contributed by atoms with van der Waals surface area (Å²) in [6.45, 7) is 2.83. The predicted molar refractivity (Wildman–Crippen MR) is 117 cm³/mol. The predicted octanol–water partition coefficient (Wildman–Crippen LogP) is -2.28. The monoisotopic (exact) mass is 484 g/mol. The van der Waals surface area contributed by atoms with Crippen LogP contribution in [-0.2, 0) is 30.4 Å². The van der Waals surface area contributed by atoms with E-state index in [9.17, 15) is 34.2 Å². The van der Waals surface area contributed by atoms with Crippen LogP contribution in [0.15, 0.2) is 12.5 Å². The van der Waals surface area contributed by atoms with Crippen molar-refractivity contribution in [1.82, 2.24) is 25.9 Å². The molecule has 4 atom stereocenters. The minimum absolute atomic E-state index is 0.0958. The molecule has 0 fully saturated rings. The summed E-state index contributed by atoms with van der Waals surface area (Å²) in [5, 5.41) is 34.7. The van der Waals surface area contributed by atoms with E-state index in [1.165, 1.54) is 12.5 Å². The van der Waals surface area contributed by atoms with Gasteiger partial charge >= 0.3 is 11.9 Å². The highest BCUT2D eigenvalue weighted by Crippen LogP contribution is 2.06. The summed E-state index contributed by atoms with van der Waals surface area (Å²) >= 11 is 0. The van der Waals surface area contributed by atoms with Crippen LogP contribution in [0.25, 0.3) is 0 Å². The number of H-pyrrole nitrogens is 1. The number of hydrogen-bond donors (Lipinski definition) is 8. The van der Waals surface area contributed by atoms with Crippen molar-refractivity contribution in [2.24, 2.45) is 11.7 Å². The first-order chi connectivity index (χ1) is 15.9. The Kier molecular flexibility index (Phi) is 11.7. The van der Waals surface area contributed by atoms with E-state index in [1.807, 2.05) is 13.8 Å². The Morgan fingerprint density at radius 2 is 1.59 bits per heavy atom. The van der Waals surface area contributed by atoms with Crippen molar-refractivity contribution < 1.29 is 39.3 Å². The van der Waals surface area contributed by atoms with E-state index in [-0.39, 0.29) is 18.8 Å². The lowest BCUT2D eigenvalue weighted by atomic mass is 10.0. The molecule has 1 aromatic rings. The average molecular weight is 485 g/mol. The smallest absolute Gasteiger partial charge is 0.326 e. The number of rotatable bonds is 15. The van der Waals surface area contributed by atoms with Crippen LogP contribution in [0, 0.1) is 5.92 Å². The number of nitrogens with two attached hydrogens (primary N) is 1. The first-order valence-electron chi connectivity index (χ1n) is 10.6. The maximum absolute atomic E-state index is 12.7. The molecule has 14 heteroatoms. The molecule has 0 aliphatic rings. The van der Waals surface area contributed by atoms with Gasteiger partial charge in [-0.3, -0.25) is 19.2 Å². The number of carbonyl (C=O) groups excluding carboxylic acids is 3. The minimum atomic E-state index is -1.55. The SMILES string of the molecule is CC(C)CC(N)C(=O)NC(CCC(=O)O)C(=O)NC(CO)C(=O)NC(Cc1cnc[nH]1)C(=O)O. The zero-order valence-corrected chi connectivity index (χ0v) is 19.0. The fraction of sp³-hybridized carbons (Fsp3) is 0.600. The number of aliphatic hydroxyl groups excluding tert-OH is 1. The summed E-state index contributed by atoms with van der Waals surface area (Å²) in [4.78, 5) is 66.5. The quantitative estimate of drug-likeness (QED) is 0.133. The third-order valence-corrected chi connectivity index (χ3v) is 4.75. The fourth-order valence-electron chi connectivity index (χ4n) is 2.99. The molecule has 0 bridgehead atoms. The van der Waals surface area contributed by atoms with Gasteiger partial charge in [-0.25, -0.2) is 9.78 Å². The van der Waals surface area contributed by atoms with Crippen LogP contribution in [0.2, 0.25) is 0 Å². The molecule has 0 spiro atoms. The molecule has 4 unspecified atom stereocenters. The molecule has 1 heterocycles. The third kappa shape index (κ3) is 9.95. The number of hydrogen-bond acceptors (Lipinski definition) is 8. The van der Waals surface area contributed by atoms with E-state index < -0.39 is 66.9 Å². The van der Waals surface area contributed by atoms with E-state index in [0.717, 1.165) is 0 Å². The first kappa shape index (κ1) is 28.5. The van der Waals surface area contributed by atoms with Crippen molar-refractivity contribution >= 4 is 29.7 Å². The second-order valence-corrected chi connectivity index (χ2v) is 8.15. The zero-order chi connectivity index (χ0) is 25.8. The molecule has 34 heavy (non-hydrogen) atoms. The molecule has 0 radical (unpaired) electrons. The lowest BCUT2D eigenvalue weighted by Gasteiger charge is -2.24. The lowest BCUT2D eigenvalue weighted by molar-refractivity contribution is -0.142. The van der Waals surface area contributed by atoms with Crippen molar-refractivity contribution in [2.45, 2.75) is 63.7 Å².